The Bertz CT molecular complexity index is 396. The van der Waals surface area contributed by atoms with Crippen LogP contribution in [0.5, 0.6) is 0 Å². The minimum Gasteiger partial charge on any atom is -0.271 e. The summed E-state index contributed by atoms with van der Waals surface area (Å²) in [6.07, 6.45) is 2.85. The summed E-state index contributed by atoms with van der Waals surface area (Å²) in [6.45, 7) is 0. The Hall–Kier alpha value is -1.08. The third-order valence-electron chi connectivity index (χ3n) is 3.62. The number of nitrogens with one attached hydrogen (secondary N) is 1. The first kappa shape index (κ1) is 14.3. The summed E-state index contributed by atoms with van der Waals surface area (Å²) >= 11 is 0. The second-order valence-electron chi connectivity index (χ2n) is 5.04. The summed E-state index contributed by atoms with van der Waals surface area (Å²) in [5.41, 5.74) is 2.23. The van der Waals surface area contributed by atoms with E-state index >= 15 is 0 Å². The van der Waals surface area contributed by atoms with Gasteiger partial charge in [0.25, 0.3) is 0 Å². The zero-order valence-corrected chi connectivity index (χ0v) is 10.7. The molecule has 108 valence electrons. The van der Waals surface area contributed by atoms with Crippen LogP contribution in [0.1, 0.15) is 43.8 Å². The highest BCUT2D eigenvalue weighted by molar-refractivity contribution is 5.03. The molecule has 1 aliphatic carbocycles. The van der Waals surface area contributed by atoms with Gasteiger partial charge < -0.3 is 0 Å². The highest BCUT2D eigenvalue weighted by atomic mass is 19.4. The van der Waals surface area contributed by atoms with Crippen molar-refractivity contribution in [3.63, 3.8) is 0 Å². The van der Waals surface area contributed by atoms with Crippen molar-refractivity contribution in [3.05, 3.63) is 18.0 Å². The molecule has 0 radical (unpaired) electrons. The van der Waals surface area contributed by atoms with E-state index in [1.165, 1.54) is 6.42 Å². The standard InChI is InChI=1S/C12H19F3N4/c13-12(14,15)11(17-16)8-9-6-7-19(18-9)10-4-2-1-3-5-10/h6-7,10-11,17H,1-5,8,16H2. The molecule has 1 aromatic rings. The predicted octanol–water partition coefficient (Wildman–Crippen LogP) is 2.32. The number of hydrogen-bond acceptors (Lipinski definition) is 3. The van der Waals surface area contributed by atoms with E-state index in [9.17, 15) is 13.2 Å². The average Bonchev–Trinajstić information content (AvgIpc) is 2.84. The number of alkyl halides is 3. The molecule has 19 heavy (non-hydrogen) atoms. The van der Waals surface area contributed by atoms with Crippen LogP contribution < -0.4 is 11.3 Å². The minimum atomic E-state index is -4.36. The fourth-order valence-electron chi connectivity index (χ4n) is 2.51. The largest absolute Gasteiger partial charge is 0.405 e. The number of nitrogens with two attached hydrogens (primary N) is 1. The van der Waals surface area contributed by atoms with Crippen molar-refractivity contribution in [3.8, 4) is 0 Å². The number of hydrazine groups is 1. The quantitative estimate of drug-likeness (QED) is 0.655. The van der Waals surface area contributed by atoms with Gasteiger partial charge in [0, 0.05) is 12.6 Å². The van der Waals surface area contributed by atoms with Crippen LogP contribution in [0, 0.1) is 0 Å². The molecule has 1 fully saturated rings. The summed E-state index contributed by atoms with van der Waals surface area (Å²) in [5, 5.41) is 4.26. The molecule has 1 aliphatic rings. The molecule has 4 nitrogen and oxygen atoms in total. The van der Waals surface area contributed by atoms with Gasteiger partial charge >= 0.3 is 6.18 Å². The van der Waals surface area contributed by atoms with Crippen molar-refractivity contribution in [2.24, 2.45) is 5.84 Å². The van der Waals surface area contributed by atoms with Gasteiger partial charge in [-0.1, -0.05) is 19.3 Å². The molecule has 0 spiro atoms. The lowest BCUT2D eigenvalue weighted by atomic mass is 9.96. The number of halogens is 3. The van der Waals surface area contributed by atoms with Gasteiger partial charge in [-0.3, -0.25) is 10.5 Å². The number of nitrogens with zero attached hydrogens (tertiary/aromatic N) is 2. The summed E-state index contributed by atoms with van der Waals surface area (Å²) in [6, 6.07) is 0.227. The van der Waals surface area contributed by atoms with Gasteiger partial charge in [-0.25, -0.2) is 5.43 Å². The zero-order chi connectivity index (χ0) is 13.9. The Morgan fingerprint density at radius 1 is 1.37 bits per heavy atom. The molecular weight excluding hydrogens is 257 g/mol. The van der Waals surface area contributed by atoms with E-state index in [1.807, 2.05) is 0 Å². The Kier molecular flexibility index (Phi) is 4.46. The molecule has 0 aliphatic heterocycles. The van der Waals surface area contributed by atoms with Gasteiger partial charge in [0.2, 0.25) is 0 Å². The van der Waals surface area contributed by atoms with Gasteiger partial charge in [-0.2, -0.15) is 18.3 Å². The van der Waals surface area contributed by atoms with E-state index in [1.54, 1.807) is 22.4 Å². The van der Waals surface area contributed by atoms with Crippen LogP contribution in [-0.2, 0) is 6.42 Å². The molecule has 7 heteroatoms. The number of aromatic nitrogens is 2. The van der Waals surface area contributed by atoms with E-state index in [0.717, 1.165) is 25.7 Å². The fourth-order valence-corrected chi connectivity index (χ4v) is 2.51. The maximum atomic E-state index is 12.6. The van der Waals surface area contributed by atoms with Gasteiger partial charge in [0.05, 0.1) is 11.7 Å². The van der Waals surface area contributed by atoms with Crippen molar-refractivity contribution in [2.45, 2.75) is 56.8 Å². The summed E-state index contributed by atoms with van der Waals surface area (Å²) in [5.74, 6) is 4.95. The van der Waals surface area contributed by atoms with Crippen molar-refractivity contribution < 1.29 is 13.2 Å². The van der Waals surface area contributed by atoms with Crippen LogP contribution >= 0.6 is 0 Å². The topological polar surface area (TPSA) is 55.9 Å². The molecule has 1 aromatic heterocycles. The third-order valence-corrected chi connectivity index (χ3v) is 3.62. The van der Waals surface area contributed by atoms with Crippen LogP contribution in [0.25, 0.3) is 0 Å². The van der Waals surface area contributed by atoms with Gasteiger partial charge in [-0.15, -0.1) is 0 Å². The molecule has 0 aromatic carbocycles. The second kappa shape index (κ2) is 5.92. The normalized spacial score (nSPS) is 19.6. The van der Waals surface area contributed by atoms with Crippen molar-refractivity contribution in [1.82, 2.24) is 15.2 Å². The molecule has 1 unspecified atom stereocenters. The van der Waals surface area contributed by atoms with Crippen molar-refractivity contribution >= 4 is 0 Å². The maximum absolute atomic E-state index is 12.6. The van der Waals surface area contributed by atoms with E-state index < -0.39 is 12.2 Å². The lowest BCUT2D eigenvalue weighted by molar-refractivity contribution is -0.155. The highest BCUT2D eigenvalue weighted by Crippen LogP contribution is 2.28. The SMILES string of the molecule is NNC(Cc1ccn(C2CCCCC2)n1)C(F)(F)F. The van der Waals surface area contributed by atoms with Gasteiger partial charge in [-0.05, 0) is 18.9 Å². The van der Waals surface area contributed by atoms with Crippen LogP contribution in [0.2, 0.25) is 0 Å². The van der Waals surface area contributed by atoms with E-state index in [-0.39, 0.29) is 6.42 Å². The number of rotatable bonds is 4. The molecule has 2 rings (SSSR count). The monoisotopic (exact) mass is 276 g/mol. The van der Waals surface area contributed by atoms with E-state index in [4.69, 9.17) is 5.84 Å². The van der Waals surface area contributed by atoms with Crippen LogP contribution in [0.15, 0.2) is 12.3 Å². The summed E-state index contributed by atoms with van der Waals surface area (Å²) in [4.78, 5) is 0. The van der Waals surface area contributed by atoms with Gasteiger partial charge in [0.15, 0.2) is 0 Å². The first-order chi connectivity index (χ1) is 9.00. The maximum Gasteiger partial charge on any atom is 0.405 e. The predicted molar refractivity (Wildman–Crippen MR) is 65.2 cm³/mol. The Balaban J connectivity index is 2.00. The molecule has 0 saturated heterocycles. The van der Waals surface area contributed by atoms with E-state index in [2.05, 4.69) is 5.10 Å². The summed E-state index contributed by atoms with van der Waals surface area (Å²) < 4.78 is 39.6. The van der Waals surface area contributed by atoms with Crippen LogP contribution in [0.3, 0.4) is 0 Å². The molecular formula is C12H19F3N4. The highest BCUT2D eigenvalue weighted by Gasteiger charge is 2.39. The van der Waals surface area contributed by atoms with Crippen LogP contribution in [-0.4, -0.2) is 22.0 Å². The lowest BCUT2D eigenvalue weighted by Gasteiger charge is -2.22. The van der Waals surface area contributed by atoms with E-state index in [0.29, 0.717) is 11.7 Å². The zero-order valence-electron chi connectivity index (χ0n) is 10.7. The van der Waals surface area contributed by atoms with Gasteiger partial charge in [0.1, 0.15) is 6.04 Å². The smallest absolute Gasteiger partial charge is 0.271 e. The minimum absolute atomic E-state index is 0.236. The van der Waals surface area contributed by atoms with Crippen molar-refractivity contribution in [1.29, 1.82) is 0 Å². The lowest BCUT2D eigenvalue weighted by Crippen LogP contribution is -2.47. The Labute approximate surface area is 110 Å². The second-order valence-corrected chi connectivity index (χ2v) is 5.04. The molecule has 0 amide bonds. The third kappa shape index (κ3) is 3.70. The molecule has 1 atom stereocenters. The molecule has 0 bridgehead atoms. The molecule has 1 saturated carbocycles. The Morgan fingerprint density at radius 2 is 2.05 bits per heavy atom. The Morgan fingerprint density at radius 3 is 2.63 bits per heavy atom. The summed E-state index contributed by atoms with van der Waals surface area (Å²) in [7, 11) is 0. The molecule has 3 N–H and O–H groups in total. The first-order valence-electron chi connectivity index (χ1n) is 6.57. The fraction of sp³-hybridized carbons (Fsp3) is 0.750. The van der Waals surface area contributed by atoms with Crippen molar-refractivity contribution in [2.75, 3.05) is 0 Å². The first-order valence-corrected chi connectivity index (χ1v) is 6.57. The average molecular weight is 276 g/mol. The molecule has 1 heterocycles. The van der Waals surface area contributed by atoms with Crippen LogP contribution in [0.4, 0.5) is 13.2 Å². The number of hydrogen-bond donors (Lipinski definition) is 2.